The van der Waals surface area contributed by atoms with Crippen LogP contribution in [0.2, 0.25) is 0 Å². The van der Waals surface area contributed by atoms with Gasteiger partial charge in [0, 0.05) is 45.4 Å². The van der Waals surface area contributed by atoms with E-state index in [0.29, 0.717) is 56.7 Å². The molecule has 3 fully saturated rings. The number of aryl methyl sites for hydroxylation is 1. The topological polar surface area (TPSA) is 99.2 Å². The maximum absolute atomic E-state index is 15.1. The quantitative estimate of drug-likeness (QED) is 0.548. The predicted molar refractivity (Wildman–Crippen MR) is 144 cm³/mol. The van der Waals surface area contributed by atoms with Crippen LogP contribution in [-0.4, -0.2) is 65.6 Å². The molecular weight excluding hydrogens is 501 g/mol. The van der Waals surface area contributed by atoms with Crippen molar-refractivity contribution in [3.8, 4) is 5.75 Å². The average Bonchev–Trinajstić information content (AvgIpc) is 2.90. The third kappa shape index (κ3) is 6.41. The van der Waals surface area contributed by atoms with Gasteiger partial charge in [0.2, 0.25) is 17.7 Å². The summed E-state index contributed by atoms with van der Waals surface area (Å²) in [6, 6.07) is 12.7. The molecule has 2 aromatic carbocycles. The number of likely N-dealkylation sites (tertiary alicyclic amines) is 1. The maximum atomic E-state index is 15.1. The van der Waals surface area contributed by atoms with Gasteiger partial charge in [-0.2, -0.15) is 0 Å². The molecule has 0 spiro atoms. The number of nitrogens with zero attached hydrogens (tertiary/aromatic N) is 2. The molecule has 3 saturated heterocycles. The first-order valence-corrected chi connectivity index (χ1v) is 13.8. The van der Waals surface area contributed by atoms with Gasteiger partial charge in [0.1, 0.15) is 17.7 Å². The number of hydrogen-bond acceptors (Lipinski definition) is 6. The molecule has 1 atom stereocenters. The molecule has 0 saturated carbocycles. The Labute approximate surface area is 228 Å². The molecule has 3 heterocycles. The lowest BCUT2D eigenvalue weighted by molar-refractivity contribution is -0.139. The SMILES string of the molecule is Cc1cccc(OC2CCN(C(=O)CC3(O)CCN(c4ccc(C5CCC(=O)NC5=O)cc4F)CC3)CC2)c1. The minimum atomic E-state index is -1.12. The van der Waals surface area contributed by atoms with Crippen molar-refractivity contribution in [2.75, 3.05) is 31.1 Å². The number of carbonyl (C=O) groups excluding carboxylic acids is 3. The lowest BCUT2D eigenvalue weighted by Gasteiger charge is -2.40. The number of rotatable bonds is 6. The fraction of sp³-hybridized carbons (Fsp3) is 0.500. The third-order valence-corrected chi connectivity index (χ3v) is 8.22. The smallest absolute Gasteiger partial charge is 0.234 e. The maximum Gasteiger partial charge on any atom is 0.234 e. The Kier molecular flexibility index (Phi) is 7.88. The average molecular weight is 538 g/mol. The molecule has 0 radical (unpaired) electrons. The van der Waals surface area contributed by atoms with Crippen LogP contribution in [0.4, 0.5) is 10.1 Å². The van der Waals surface area contributed by atoms with Crippen LogP contribution >= 0.6 is 0 Å². The third-order valence-electron chi connectivity index (χ3n) is 8.22. The van der Waals surface area contributed by atoms with Crippen LogP contribution in [0, 0.1) is 12.7 Å². The zero-order valence-corrected chi connectivity index (χ0v) is 22.3. The summed E-state index contributed by atoms with van der Waals surface area (Å²) < 4.78 is 21.1. The van der Waals surface area contributed by atoms with E-state index in [0.717, 1.165) is 24.2 Å². The van der Waals surface area contributed by atoms with E-state index in [9.17, 15) is 19.5 Å². The van der Waals surface area contributed by atoms with Gasteiger partial charge in [-0.05, 0) is 61.6 Å². The first-order valence-electron chi connectivity index (χ1n) is 13.8. The summed E-state index contributed by atoms with van der Waals surface area (Å²) in [6.45, 7) is 4.07. The second kappa shape index (κ2) is 11.3. The van der Waals surface area contributed by atoms with E-state index >= 15 is 4.39 Å². The van der Waals surface area contributed by atoms with Crippen molar-refractivity contribution >= 4 is 23.4 Å². The zero-order chi connectivity index (χ0) is 27.6. The molecule has 2 aromatic rings. The standard InChI is InChI=1S/C30H36FN3O5/c1-20-3-2-4-23(17-20)39-22-9-13-34(14-10-22)28(36)19-30(38)11-15-33(16-12-30)26-7-5-21(18-25(26)31)24-6-8-27(35)32-29(24)37/h2-5,7,17-18,22,24,38H,6,8-16,19H2,1H3,(H,32,35,37). The molecular formula is C30H36FN3O5. The molecule has 3 amide bonds. The number of nitrogens with one attached hydrogen (secondary N) is 1. The molecule has 39 heavy (non-hydrogen) atoms. The first-order chi connectivity index (χ1) is 18.7. The molecule has 3 aliphatic rings. The molecule has 8 nitrogen and oxygen atoms in total. The van der Waals surface area contributed by atoms with Crippen LogP contribution in [0.1, 0.15) is 62.0 Å². The lowest BCUT2D eigenvalue weighted by atomic mass is 9.86. The van der Waals surface area contributed by atoms with E-state index in [-0.39, 0.29) is 30.8 Å². The molecule has 3 aliphatic heterocycles. The Morgan fingerprint density at radius 2 is 1.82 bits per heavy atom. The van der Waals surface area contributed by atoms with Gasteiger partial charge in [0.05, 0.1) is 23.6 Å². The van der Waals surface area contributed by atoms with Gasteiger partial charge in [0.15, 0.2) is 0 Å². The van der Waals surface area contributed by atoms with Crippen LogP contribution in [-0.2, 0) is 14.4 Å². The number of ether oxygens (including phenoxy) is 1. The molecule has 9 heteroatoms. The number of amides is 3. The highest BCUT2D eigenvalue weighted by Gasteiger charge is 2.37. The van der Waals surface area contributed by atoms with Gasteiger partial charge in [0.25, 0.3) is 0 Å². The number of imide groups is 1. The number of aliphatic hydroxyl groups is 1. The van der Waals surface area contributed by atoms with Crippen molar-refractivity contribution < 1.29 is 28.6 Å². The van der Waals surface area contributed by atoms with Gasteiger partial charge < -0.3 is 19.6 Å². The van der Waals surface area contributed by atoms with Gasteiger partial charge in [-0.1, -0.05) is 18.2 Å². The summed E-state index contributed by atoms with van der Waals surface area (Å²) >= 11 is 0. The van der Waals surface area contributed by atoms with E-state index in [2.05, 4.69) is 5.32 Å². The number of hydrogen-bond donors (Lipinski definition) is 2. The number of benzene rings is 2. The molecule has 1 unspecified atom stereocenters. The summed E-state index contributed by atoms with van der Waals surface area (Å²) in [5, 5.41) is 13.5. The number of anilines is 1. The second-order valence-corrected chi connectivity index (χ2v) is 11.1. The van der Waals surface area contributed by atoms with Crippen molar-refractivity contribution in [3.63, 3.8) is 0 Å². The van der Waals surface area contributed by atoms with Gasteiger partial charge in [-0.25, -0.2) is 4.39 Å². The summed E-state index contributed by atoms with van der Waals surface area (Å²) in [5.74, 6) is -0.877. The van der Waals surface area contributed by atoms with Crippen LogP contribution in [0.5, 0.6) is 5.75 Å². The lowest BCUT2D eigenvalue weighted by Crippen LogP contribution is -2.49. The molecule has 0 aromatic heterocycles. The number of carbonyl (C=O) groups is 3. The van der Waals surface area contributed by atoms with Crippen LogP contribution in [0.15, 0.2) is 42.5 Å². The Morgan fingerprint density at radius 1 is 1.08 bits per heavy atom. The Morgan fingerprint density at radius 3 is 2.49 bits per heavy atom. The van der Waals surface area contributed by atoms with Crippen molar-refractivity contribution in [1.29, 1.82) is 0 Å². The van der Waals surface area contributed by atoms with E-state index in [1.165, 1.54) is 6.07 Å². The summed E-state index contributed by atoms with van der Waals surface area (Å²) in [6.07, 6.45) is 2.95. The monoisotopic (exact) mass is 537 g/mol. The van der Waals surface area contributed by atoms with E-state index in [1.807, 2.05) is 41.0 Å². The molecule has 2 N–H and O–H groups in total. The Bertz CT molecular complexity index is 1230. The fourth-order valence-electron chi connectivity index (χ4n) is 5.85. The van der Waals surface area contributed by atoms with Crippen LogP contribution in [0.3, 0.4) is 0 Å². The van der Waals surface area contributed by atoms with Gasteiger partial charge >= 0.3 is 0 Å². The van der Waals surface area contributed by atoms with E-state index in [1.54, 1.807) is 12.1 Å². The van der Waals surface area contributed by atoms with Gasteiger partial charge in [-0.3, -0.25) is 19.7 Å². The van der Waals surface area contributed by atoms with Crippen LogP contribution < -0.4 is 15.0 Å². The fourth-order valence-corrected chi connectivity index (χ4v) is 5.85. The summed E-state index contributed by atoms with van der Waals surface area (Å²) in [4.78, 5) is 40.3. The predicted octanol–water partition coefficient (Wildman–Crippen LogP) is 3.45. The molecule has 0 aliphatic carbocycles. The first kappa shape index (κ1) is 27.1. The summed E-state index contributed by atoms with van der Waals surface area (Å²) in [7, 11) is 0. The van der Waals surface area contributed by atoms with Gasteiger partial charge in [-0.15, -0.1) is 0 Å². The van der Waals surface area contributed by atoms with Crippen molar-refractivity contribution in [1.82, 2.24) is 10.2 Å². The minimum absolute atomic E-state index is 0.0558. The number of piperidine rings is 3. The van der Waals surface area contributed by atoms with Crippen molar-refractivity contribution in [3.05, 3.63) is 59.4 Å². The van der Waals surface area contributed by atoms with Crippen molar-refractivity contribution in [2.45, 2.75) is 69.5 Å². The highest BCUT2D eigenvalue weighted by atomic mass is 19.1. The van der Waals surface area contributed by atoms with E-state index in [4.69, 9.17) is 4.74 Å². The second-order valence-electron chi connectivity index (χ2n) is 11.1. The number of halogens is 1. The Hall–Kier alpha value is -3.46. The van der Waals surface area contributed by atoms with E-state index < -0.39 is 23.2 Å². The zero-order valence-electron chi connectivity index (χ0n) is 22.3. The highest BCUT2D eigenvalue weighted by Crippen LogP contribution is 2.33. The normalized spacial score (nSPS) is 22.0. The molecule has 0 bridgehead atoms. The molecule has 208 valence electrons. The summed E-state index contributed by atoms with van der Waals surface area (Å²) in [5.41, 5.74) is 0.987. The Balaban J connectivity index is 1.11. The van der Waals surface area contributed by atoms with Crippen molar-refractivity contribution in [2.24, 2.45) is 0 Å². The minimum Gasteiger partial charge on any atom is -0.490 e. The largest absolute Gasteiger partial charge is 0.490 e. The van der Waals surface area contributed by atoms with Crippen LogP contribution in [0.25, 0.3) is 0 Å². The highest BCUT2D eigenvalue weighted by molar-refractivity contribution is 6.00. The molecule has 5 rings (SSSR count).